The highest BCUT2D eigenvalue weighted by Gasteiger charge is 2.69. The van der Waals surface area contributed by atoms with E-state index in [-0.39, 0.29) is 30.3 Å². The van der Waals surface area contributed by atoms with Crippen molar-refractivity contribution in [1.82, 2.24) is 0 Å². The summed E-state index contributed by atoms with van der Waals surface area (Å²) in [5.74, 6) is -1.19. The molecule has 4 rings (SSSR count). The number of carbonyl (C=O) groups excluding carboxylic acids is 2. The molecule has 2 heterocycles. The van der Waals surface area contributed by atoms with Gasteiger partial charge in [-0.3, -0.25) is 4.79 Å². The first kappa shape index (κ1) is 15.8. The molecular weight excluding hydrogens is 312 g/mol. The third-order valence-electron chi connectivity index (χ3n) is 6.18. The second-order valence-corrected chi connectivity index (χ2v) is 7.41. The number of ether oxygens (including phenoxy) is 3. The van der Waals surface area contributed by atoms with Crippen molar-refractivity contribution in [2.75, 3.05) is 6.61 Å². The Morgan fingerprint density at radius 2 is 2.12 bits per heavy atom. The zero-order valence-corrected chi connectivity index (χ0v) is 13.7. The van der Waals surface area contributed by atoms with Crippen molar-refractivity contribution in [2.24, 2.45) is 11.8 Å². The molecule has 2 aliphatic heterocycles. The minimum Gasteiger partial charge on any atom is -0.458 e. The Balaban J connectivity index is 1.68. The lowest BCUT2D eigenvalue weighted by molar-refractivity contribution is -0.147. The first-order valence-electron chi connectivity index (χ1n) is 8.45. The lowest BCUT2D eigenvalue weighted by atomic mass is 9.77. The Labute approximate surface area is 140 Å². The van der Waals surface area contributed by atoms with Gasteiger partial charge in [-0.1, -0.05) is 20.1 Å². The van der Waals surface area contributed by atoms with Gasteiger partial charge in [0.05, 0.1) is 12.2 Å². The van der Waals surface area contributed by atoms with E-state index < -0.39 is 23.3 Å². The van der Waals surface area contributed by atoms with E-state index in [9.17, 15) is 14.7 Å². The van der Waals surface area contributed by atoms with E-state index in [1.807, 2.05) is 0 Å². The Morgan fingerprint density at radius 1 is 1.42 bits per heavy atom. The molecule has 6 heteroatoms. The topological polar surface area (TPSA) is 85.4 Å². The van der Waals surface area contributed by atoms with E-state index in [0.717, 1.165) is 0 Å². The van der Waals surface area contributed by atoms with E-state index in [4.69, 9.17) is 14.2 Å². The Bertz CT molecular complexity index is 648. The molecule has 4 fully saturated rings. The van der Waals surface area contributed by atoms with Crippen molar-refractivity contribution in [3.05, 3.63) is 24.3 Å². The SMILES string of the molecule is C=C1C(=O)OC2CC3(CO3)C3CC(OC(=O)CC)C(=C)C3(O)CC12. The van der Waals surface area contributed by atoms with Gasteiger partial charge in [0.1, 0.15) is 17.8 Å². The number of hydrogen-bond donors (Lipinski definition) is 1. The molecule has 2 aliphatic carbocycles. The number of carbonyl (C=O) groups is 2. The van der Waals surface area contributed by atoms with Crippen molar-refractivity contribution in [2.45, 2.75) is 56.0 Å². The van der Waals surface area contributed by atoms with Gasteiger partial charge in [-0.2, -0.15) is 0 Å². The van der Waals surface area contributed by atoms with Crippen LogP contribution in [0.4, 0.5) is 0 Å². The Kier molecular flexibility index (Phi) is 3.25. The molecule has 1 N–H and O–H groups in total. The van der Waals surface area contributed by atoms with Crippen LogP contribution >= 0.6 is 0 Å². The van der Waals surface area contributed by atoms with Crippen LogP contribution in [0.1, 0.15) is 32.6 Å². The molecular formula is C18H22O6. The zero-order valence-electron chi connectivity index (χ0n) is 13.7. The summed E-state index contributed by atoms with van der Waals surface area (Å²) in [6.07, 6.45) is 0.774. The van der Waals surface area contributed by atoms with Crippen LogP contribution in [0.5, 0.6) is 0 Å². The third-order valence-corrected chi connectivity index (χ3v) is 6.18. The van der Waals surface area contributed by atoms with E-state index in [0.29, 0.717) is 37.0 Å². The molecule has 0 aromatic rings. The third kappa shape index (κ3) is 2.02. The quantitative estimate of drug-likeness (QED) is 0.354. The number of aliphatic hydroxyl groups is 1. The fraction of sp³-hybridized carbons (Fsp3) is 0.667. The van der Waals surface area contributed by atoms with Crippen molar-refractivity contribution in [3.8, 4) is 0 Å². The minimum atomic E-state index is -1.24. The standard InChI is InChI=1S/C18H22O6/c1-4-15(19)23-12-5-14-17(8-22-17)7-13-11(9(2)16(20)24-13)6-18(14,21)10(12)3/h11-14,21H,2-8H2,1H3. The first-order valence-corrected chi connectivity index (χ1v) is 8.45. The molecule has 2 saturated heterocycles. The number of epoxide rings is 1. The Morgan fingerprint density at radius 3 is 2.75 bits per heavy atom. The van der Waals surface area contributed by atoms with Gasteiger partial charge in [0.25, 0.3) is 0 Å². The summed E-state index contributed by atoms with van der Waals surface area (Å²) in [5, 5.41) is 11.5. The summed E-state index contributed by atoms with van der Waals surface area (Å²) in [4.78, 5) is 23.6. The zero-order chi connectivity index (χ0) is 17.3. The minimum absolute atomic E-state index is 0.218. The maximum absolute atomic E-state index is 11.9. The van der Waals surface area contributed by atoms with Crippen LogP contribution in [0.2, 0.25) is 0 Å². The van der Waals surface area contributed by atoms with Crippen molar-refractivity contribution < 1.29 is 28.9 Å². The second kappa shape index (κ2) is 4.92. The van der Waals surface area contributed by atoms with E-state index in [2.05, 4.69) is 13.2 Å². The van der Waals surface area contributed by atoms with Crippen LogP contribution in [0, 0.1) is 11.8 Å². The average Bonchev–Trinajstić information content (AvgIpc) is 3.23. The van der Waals surface area contributed by atoms with Crippen LogP contribution in [-0.4, -0.2) is 47.1 Å². The summed E-state index contributed by atoms with van der Waals surface area (Å²) in [5.41, 5.74) is -0.885. The molecule has 1 spiro atoms. The van der Waals surface area contributed by atoms with Gasteiger partial charge in [-0.15, -0.1) is 0 Å². The van der Waals surface area contributed by atoms with E-state index in [1.165, 1.54) is 0 Å². The molecule has 4 aliphatic rings. The molecule has 0 aromatic carbocycles. The van der Waals surface area contributed by atoms with Crippen molar-refractivity contribution in [3.63, 3.8) is 0 Å². The molecule has 24 heavy (non-hydrogen) atoms. The molecule has 130 valence electrons. The number of rotatable bonds is 2. The summed E-state index contributed by atoms with van der Waals surface area (Å²) < 4.78 is 16.7. The molecule has 0 amide bonds. The van der Waals surface area contributed by atoms with Crippen molar-refractivity contribution in [1.29, 1.82) is 0 Å². The highest BCUT2D eigenvalue weighted by atomic mass is 16.6. The maximum Gasteiger partial charge on any atom is 0.334 e. The van der Waals surface area contributed by atoms with Gasteiger partial charge in [0, 0.05) is 30.3 Å². The Hall–Kier alpha value is -1.66. The van der Waals surface area contributed by atoms with Gasteiger partial charge < -0.3 is 19.3 Å². The molecule has 2 saturated carbocycles. The molecule has 0 bridgehead atoms. The second-order valence-electron chi connectivity index (χ2n) is 7.41. The highest BCUT2D eigenvalue weighted by Crippen LogP contribution is 2.60. The summed E-state index contributed by atoms with van der Waals surface area (Å²) in [7, 11) is 0. The maximum atomic E-state index is 11.9. The van der Waals surface area contributed by atoms with Gasteiger partial charge in [0.2, 0.25) is 0 Å². The van der Waals surface area contributed by atoms with Gasteiger partial charge >= 0.3 is 11.9 Å². The largest absolute Gasteiger partial charge is 0.458 e. The first-order chi connectivity index (χ1) is 11.3. The fourth-order valence-corrected chi connectivity index (χ4v) is 4.68. The lowest BCUT2D eigenvalue weighted by Gasteiger charge is -2.33. The van der Waals surface area contributed by atoms with Gasteiger partial charge in [-0.05, 0) is 18.4 Å². The summed E-state index contributed by atoms with van der Waals surface area (Å²) in [6.45, 7) is 10.1. The number of hydrogen-bond acceptors (Lipinski definition) is 6. The van der Waals surface area contributed by atoms with Crippen molar-refractivity contribution >= 4 is 11.9 Å². The molecule has 0 radical (unpaired) electrons. The predicted octanol–water partition coefficient (Wildman–Crippen LogP) is 1.28. The molecule has 0 aromatic heterocycles. The molecule has 6 nitrogen and oxygen atoms in total. The average molecular weight is 334 g/mol. The smallest absolute Gasteiger partial charge is 0.334 e. The number of esters is 2. The molecule has 6 unspecified atom stereocenters. The summed E-state index contributed by atoms with van der Waals surface area (Å²) >= 11 is 0. The van der Waals surface area contributed by atoms with Crippen LogP contribution < -0.4 is 0 Å². The van der Waals surface area contributed by atoms with Crippen LogP contribution in [-0.2, 0) is 23.8 Å². The highest BCUT2D eigenvalue weighted by molar-refractivity contribution is 5.90. The van der Waals surface area contributed by atoms with Crippen LogP contribution in [0.25, 0.3) is 0 Å². The lowest BCUT2D eigenvalue weighted by Crippen LogP contribution is -2.42. The fourth-order valence-electron chi connectivity index (χ4n) is 4.68. The van der Waals surface area contributed by atoms with Crippen LogP contribution in [0.15, 0.2) is 24.3 Å². The normalized spacial score (nSPS) is 46.3. The van der Waals surface area contributed by atoms with Gasteiger partial charge in [-0.25, -0.2) is 4.79 Å². The monoisotopic (exact) mass is 334 g/mol. The predicted molar refractivity (Wildman–Crippen MR) is 82.8 cm³/mol. The van der Waals surface area contributed by atoms with Gasteiger partial charge in [0.15, 0.2) is 0 Å². The number of fused-ring (bicyclic) bond motifs is 3. The van der Waals surface area contributed by atoms with E-state index >= 15 is 0 Å². The van der Waals surface area contributed by atoms with Crippen LogP contribution in [0.3, 0.4) is 0 Å². The molecule has 6 atom stereocenters. The van der Waals surface area contributed by atoms with E-state index in [1.54, 1.807) is 6.92 Å². The summed E-state index contributed by atoms with van der Waals surface area (Å²) in [6, 6.07) is 0.